The molecule has 2 atom stereocenters. The monoisotopic (exact) mass is 268 g/mol. The van der Waals surface area contributed by atoms with Crippen molar-refractivity contribution in [1.82, 2.24) is 0 Å². The van der Waals surface area contributed by atoms with Gasteiger partial charge in [-0.25, -0.2) is 4.79 Å². The Balaban J connectivity index is 1.97. The van der Waals surface area contributed by atoms with E-state index >= 15 is 0 Å². The van der Waals surface area contributed by atoms with Crippen LogP contribution in [0.25, 0.3) is 11.1 Å². The van der Waals surface area contributed by atoms with Gasteiger partial charge in [0.15, 0.2) is 6.10 Å². The van der Waals surface area contributed by atoms with Crippen molar-refractivity contribution < 1.29 is 15.0 Å². The first-order chi connectivity index (χ1) is 9.58. The lowest BCUT2D eigenvalue weighted by molar-refractivity contribution is -0.147. The zero-order chi connectivity index (χ0) is 14.3. The van der Waals surface area contributed by atoms with E-state index in [0.29, 0.717) is 0 Å². The van der Waals surface area contributed by atoms with Crippen LogP contribution in [0.4, 0.5) is 0 Å². The van der Waals surface area contributed by atoms with Crippen molar-refractivity contribution in [2.75, 3.05) is 0 Å². The van der Waals surface area contributed by atoms with Gasteiger partial charge < -0.3 is 10.2 Å². The second-order valence-corrected chi connectivity index (χ2v) is 5.32. The average molecular weight is 268 g/mol. The summed E-state index contributed by atoms with van der Waals surface area (Å²) in [4.78, 5) is 10.9. The van der Waals surface area contributed by atoms with Crippen LogP contribution < -0.4 is 0 Å². The summed E-state index contributed by atoms with van der Waals surface area (Å²) in [6.45, 7) is 1.74. The number of hydrogen-bond acceptors (Lipinski definition) is 2. The zero-order valence-electron chi connectivity index (χ0n) is 11.2. The lowest BCUT2D eigenvalue weighted by Gasteiger charge is -2.16. The molecule has 0 spiro atoms. The van der Waals surface area contributed by atoms with E-state index in [0.717, 1.165) is 12.0 Å². The molecule has 1 aliphatic carbocycles. The second-order valence-electron chi connectivity index (χ2n) is 5.32. The molecule has 20 heavy (non-hydrogen) atoms. The number of hydrogen-bond donors (Lipinski definition) is 2. The minimum atomic E-state index is -1.36. The van der Waals surface area contributed by atoms with Gasteiger partial charge in [-0.3, -0.25) is 0 Å². The summed E-state index contributed by atoms with van der Waals surface area (Å²) in [5.41, 5.74) is 5.83. The first kappa shape index (κ1) is 12.9. The summed E-state index contributed by atoms with van der Waals surface area (Å²) in [5.74, 6) is -1.59. The Hall–Kier alpha value is -2.13. The van der Waals surface area contributed by atoms with Gasteiger partial charge in [-0.05, 0) is 34.2 Å². The predicted octanol–water partition coefficient (Wildman–Crippen LogP) is 2.81. The van der Waals surface area contributed by atoms with E-state index in [1.54, 1.807) is 6.92 Å². The third-order valence-corrected chi connectivity index (χ3v) is 4.07. The highest BCUT2D eigenvalue weighted by molar-refractivity contribution is 5.77. The van der Waals surface area contributed by atoms with Crippen molar-refractivity contribution >= 4 is 5.97 Å². The largest absolute Gasteiger partial charge is 0.479 e. The average Bonchev–Trinajstić information content (AvgIpc) is 2.83. The van der Waals surface area contributed by atoms with Crippen LogP contribution in [0, 0.1) is 0 Å². The van der Waals surface area contributed by atoms with Crippen molar-refractivity contribution in [3.63, 3.8) is 0 Å². The fourth-order valence-electron chi connectivity index (χ4n) is 2.84. The molecule has 1 aliphatic rings. The van der Waals surface area contributed by atoms with Crippen LogP contribution in [0.3, 0.4) is 0 Å². The maximum atomic E-state index is 10.9. The molecular weight excluding hydrogens is 252 g/mol. The Kier molecular flexibility index (Phi) is 3.07. The number of benzene rings is 2. The molecule has 0 radical (unpaired) electrons. The Morgan fingerprint density at radius 3 is 2.55 bits per heavy atom. The molecule has 0 amide bonds. The fraction of sp³-hybridized carbons (Fsp3) is 0.235. The molecule has 3 heteroatoms. The molecule has 0 saturated heterocycles. The molecule has 0 aromatic heterocycles. The lowest BCUT2D eigenvalue weighted by Crippen LogP contribution is -2.25. The minimum absolute atomic E-state index is 0.415. The van der Waals surface area contributed by atoms with Crippen LogP contribution in [-0.2, 0) is 11.2 Å². The van der Waals surface area contributed by atoms with E-state index in [9.17, 15) is 9.90 Å². The zero-order valence-corrected chi connectivity index (χ0v) is 11.2. The molecule has 0 heterocycles. The molecule has 2 aromatic rings. The molecule has 0 aliphatic heterocycles. The van der Waals surface area contributed by atoms with Crippen molar-refractivity contribution in [2.45, 2.75) is 25.4 Å². The summed E-state index contributed by atoms with van der Waals surface area (Å²) < 4.78 is 0. The van der Waals surface area contributed by atoms with Gasteiger partial charge in [-0.1, -0.05) is 49.4 Å². The predicted molar refractivity (Wildman–Crippen MR) is 76.7 cm³/mol. The molecule has 0 fully saturated rings. The Labute approximate surface area is 117 Å². The summed E-state index contributed by atoms with van der Waals surface area (Å²) in [7, 11) is 0. The highest BCUT2D eigenvalue weighted by Crippen LogP contribution is 2.38. The Morgan fingerprint density at radius 1 is 1.10 bits per heavy atom. The van der Waals surface area contributed by atoms with E-state index < -0.39 is 18.0 Å². The first-order valence-electron chi connectivity index (χ1n) is 6.70. The van der Waals surface area contributed by atoms with Gasteiger partial charge in [0.25, 0.3) is 0 Å². The molecular formula is C17H16O3. The van der Waals surface area contributed by atoms with Crippen molar-refractivity contribution in [2.24, 2.45) is 0 Å². The van der Waals surface area contributed by atoms with Gasteiger partial charge in [0, 0.05) is 5.92 Å². The summed E-state index contributed by atoms with van der Waals surface area (Å²) in [6.07, 6.45) is -0.494. The number of carboxylic acid groups (broad SMARTS) is 1. The van der Waals surface area contributed by atoms with E-state index in [4.69, 9.17) is 5.11 Å². The molecule has 2 aromatic carbocycles. The van der Waals surface area contributed by atoms with Crippen molar-refractivity contribution in [1.29, 1.82) is 0 Å². The van der Waals surface area contributed by atoms with Crippen LogP contribution >= 0.6 is 0 Å². The van der Waals surface area contributed by atoms with Gasteiger partial charge in [0.05, 0.1) is 0 Å². The SMILES string of the molecule is CC(c1ccc2c(c1)Cc1ccccc1-2)C(O)C(=O)O. The normalized spacial score (nSPS) is 15.3. The van der Waals surface area contributed by atoms with Gasteiger partial charge in [-0.15, -0.1) is 0 Å². The van der Waals surface area contributed by atoms with Crippen LogP contribution in [0.1, 0.15) is 29.5 Å². The fourth-order valence-corrected chi connectivity index (χ4v) is 2.84. The van der Waals surface area contributed by atoms with Gasteiger partial charge >= 0.3 is 5.97 Å². The number of fused-ring (bicyclic) bond motifs is 3. The van der Waals surface area contributed by atoms with Crippen molar-refractivity contribution in [3.8, 4) is 11.1 Å². The number of carboxylic acids is 1. The van der Waals surface area contributed by atoms with Gasteiger partial charge in [0.2, 0.25) is 0 Å². The quantitative estimate of drug-likeness (QED) is 0.768. The van der Waals surface area contributed by atoms with Crippen LogP contribution in [0.15, 0.2) is 42.5 Å². The first-order valence-corrected chi connectivity index (χ1v) is 6.70. The van der Waals surface area contributed by atoms with Gasteiger partial charge in [-0.2, -0.15) is 0 Å². The lowest BCUT2D eigenvalue weighted by atomic mass is 9.92. The van der Waals surface area contributed by atoms with Crippen LogP contribution in [-0.4, -0.2) is 22.3 Å². The third kappa shape index (κ3) is 2.00. The second kappa shape index (κ2) is 4.76. The summed E-state index contributed by atoms with van der Waals surface area (Å²) in [6, 6.07) is 14.2. The molecule has 0 bridgehead atoms. The Morgan fingerprint density at radius 2 is 1.80 bits per heavy atom. The van der Waals surface area contributed by atoms with Crippen LogP contribution in [0.5, 0.6) is 0 Å². The molecule has 0 saturated carbocycles. The Bertz CT molecular complexity index is 676. The number of aliphatic hydroxyl groups is 1. The van der Waals surface area contributed by atoms with E-state index in [1.807, 2.05) is 30.3 Å². The van der Waals surface area contributed by atoms with Gasteiger partial charge in [0.1, 0.15) is 0 Å². The summed E-state index contributed by atoms with van der Waals surface area (Å²) >= 11 is 0. The van der Waals surface area contributed by atoms with E-state index in [2.05, 4.69) is 12.1 Å². The third-order valence-electron chi connectivity index (χ3n) is 4.07. The molecule has 2 unspecified atom stereocenters. The maximum Gasteiger partial charge on any atom is 0.333 e. The molecule has 2 N–H and O–H groups in total. The van der Waals surface area contributed by atoms with E-state index in [1.165, 1.54) is 22.3 Å². The number of carbonyl (C=O) groups is 1. The standard InChI is InChI=1S/C17H16O3/c1-10(16(18)17(19)20)11-6-7-15-13(8-11)9-12-4-2-3-5-14(12)15/h2-8,10,16,18H,9H2,1H3,(H,19,20). The highest BCUT2D eigenvalue weighted by Gasteiger charge is 2.25. The topological polar surface area (TPSA) is 57.5 Å². The number of aliphatic carboxylic acids is 1. The van der Waals surface area contributed by atoms with Crippen molar-refractivity contribution in [3.05, 3.63) is 59.2 Å². The number of aliphatic hydroxyl groups excluding tert-OH is 1. The smallest absolute Gasteiger partial charge is 0.333 e. The highest BCUT2D eigenvalue weighted by atomic mass is 16.4. The maximum absolute atomic E-state index is 10.9. The summed E-state index contributed by atoms with van der Waals surface area (Å²) in [5, 5.41) is 18.6. The van der Waals surface area contributed by atoms with E-state index in [-0.39, 0.29) is 0 Å². The molecule has 3 nitrogen and oxygen atoms in total. The number of rotatable bonds is 3. The molecule has 102 valence electrons. The minimum Gasteiger partial charge on any atom is -0.479 e. The van der Waals surface area contributed by atoms with Crippen LogP contribution in [0.2, 0.25) is 0 Å². The molecule has 3 rings (SSSR count).